The number of fused-ring (bicyclic) bond motifs is 1. The number of aliphatic hydroxyl groups is 2. The molecule has 0 fully saturated rings. The zero-order chi connectivity index (χ0) is 21.1. The Kier molecular flexibility index (Phi) is 6.09. The highest BCUT2D eigenvalue weighted by atomic mass is 16.3. The molecule has 0 bridgehead atoms. The van der Waals surface area contributed by atoms with Gasteiger partial charge in [-0.25, -0.2) is 9.97 Å². The molecule has 0 aliphatic carbocycles. The summed E-state index contributed by atoms with van der Waals surface area (Å²) in [5.74, 6) is 0.184. The first-order chi connectivity index (χ1) is 13.8. The van der Waals surface area contributed by atoms with Gasteiger partial charge in [-0.15, -0.1) is 0 Å². The molecule has 9 heteroatoms. The maximum Gasteiger partial charge on any atom is 0.251 e. The van der Waals surface area contributed by atoms with E-state index in [0.29, 0.717) is 28.5 Å². The van der Waals surface area contributed by atoms with E-state index in [1.54, 1.807) is 37.4 Å². The molecule has 9 nitrogen and oxygen atoms in total. The quantitative estimate of drug-likeness (QED) is 0.590. The molecular weight excluding hydrogens is 374 g/mol. The largest absolute Gasteiger partial charge is 0.395 e. The maximum absolute atomic E-state index is 12.4. The van der Waals surface area contributed by atoms with Crippen molar-refractivity contribution in [3.05, 3.63) is 47.4 Å². The first-order valence-corrected chi connectivity index (χ1v) is 9.40. The summed E-state index contributed by atoms with van der Waals surface area (Å²) >= 11 is 0. The number of hydrogen-bond donors (Lipinski definition) is 4. The van der Waals surface area contributed by atoms with Gasteiger partial charge in [0.2, 0.25) is 5.91 Å². The Labute approximate surface area is 168 Å². The summed E-state index contributed by atoms with van der Waals surface area (Å²) in [5.41, 5.74) is 1.63. The summed E-state index contributed by atoms with van der Waals surface area (Å²) in [4.78, 5) is 34.4. The lowest BCUT2D eigenvalue weighted by atomic mass is 9.85. The van der Waals surface area contributed by atoms with Crippen LogP contribution in [-0.2, 0) is 4.79 Å². The van der Waals surface area contributed by atoms with Crippen molar-refractivity contribution in [1.82, 2.24) is 15.3 Å². The number of amides is 2. The SMILES string of the molecule is CC(=O)N1c2ccc(C(=O)NCCO)cc2[C@H](Nc2ccnc(C)n2)[C@@H](C)[C@@H]1O. The van der Waals surface area contributed by atoms with E-state index in [2.05, 4.69) is 20.6 Å². The summed E-state index contributed by atoms with van der Waals surface area (Å²) in [6, 6.07) is 6.28. The van der Waals surface area contributed by atoms with Gasteiger partial charge in [-0.1, -0.05) is 6.92 Å². The Morgan fingerprint density at radius 1 is 1.28 bits per heavy atom. The van der Waals surface area contributed by atoms with E-state index < -0.39 is 12.3 Å². The molecule has 0 saturated heterocycles. The Morgan fingerprint density at radius 3 is 2.69 bits per heavy atom. The number of nitrogens with zero attached hydrogens (tertiary/aromatic N) is 3. The van der Waals surface area contributed by atoms with E-state index in [1.807, 2.05) is 6.92 Å². The molecule has 3 atom stereocenters. The van der Waals surface area contributed by atoms with Crippen LogP contribution in [-0.4, -0.2) is 51.4 Å². The summed E-state index contributed by atoms with van der Waals surface area (Å²) in [6.45, 7) is 4.98. The highest BCUT2D eigenvalue weighted by Crippen LogP contribution is 2.42. The van der Waals surface area contributed by atoms with Crippen LogP contribution in [0.2, 0.25) is 0 Å². The van der Waals surface area contributed by atoms with E-state index in [1.165, 1.54) is 11.8 Å². The van der Waals surface area contributed by atoms with Gasteiger partial charge in [0.25, 0.3) is 5.91 Å². The second-order valence-electron chi connectivity index (χ2n) is 7.03. The fourth-order valence-electron chi connectivity index (χ4n) is 3.53. The van der Waals surface area contributed by atoms with Crippen molar-refractivity contribution in [2.75, 3.05) is 23.4 Å². The summed E-state index contributed by atoms with van der Waals surface area (Å²) in [7, 11) is 0. The smallest absolute Gasteiger partial charge is 0.251 e. The molecule has 2 aromatic rings. The van der Waals surface area contributed by atoms with Crippen LogP contribution in [0.15, 0.2) is 30.5 Å². The topological polar surface area (TPSA) is 128 Å². The van der Waals surface area contributed by atoms with Gasteiger partial charge in [0, 0.05) is 31.1 Å². The maximum atomic E-state index is 12.4. The first kappa shape index (κ1) is 20.7. The summed E-state index contributed by atoms with van der Waals surface area (Å²) < 4.78 is 0. The highest BCUT2D eigenvalue weighted by Gasteiger charge is 2.40. The molecule has 2 amide bonds. The van der Waals surface area contributed by atoms with E-state index in [9.17, 15) is 14.7 Å². The average molecular weight is 399 g/mol. The molecule has 0 saturated carbocycles. The Bertz CT molecular complexity index is 919. The molecule has 29 heavy (non-hydrogen) atoms. The van der Waals surface area contributed by atoms with Gasteiger partial charge in [0.1, 0.15) is 17.9 Å². The van der Waals surface area contributed by atoms with Gasteiger partial charge in [-0.3, -0.25) is 14.5 Å². The number of anilines is 2. The number of carbonyl (C=O) groups excluding carboxylic acids is 2. The van der Waals surface area contributed by atoms with Gasteiger partial charge in [0.15, 0.2) is 0 Å². The lowest BCUT2D eigenvalue weighted by Crippen LogP contribution is -2.50. The zero-order valence-corrected chi connectivity index (χ0v) is 16.6. The van der Waals surface area contributed by atoms with Crippen LogP contribution in [0.4, 0.5) is 11.5 Å². The molecule has 0 spiro atoms. The van der Waals surface area contributed by atoms with Crippen LogP contribution in [0.25, 0.3) is 0 Å². The second kappa shape index (κ2) is 8.54. The van der Waals surface area contributed by atoms with Crippen molar-refractivity contribution < 1.29 is 19.8 Å². The third-order valence-corrected chi connectivity index (χ3v) is 4.96. The molecule has 1 aromatic heterocycles. The van der Waals surface area contributed by atoms with E-state index >= 15 is 0 Å². The number of aliphatic hydroxyl groups excluding tert-OH is 2. The molecule has 154 valence electrons. The molecule has 0 unspecified atom stereocenters. The van der Waals surface area contributed by atoms with Crippen LogP contribution >= 0.6 is 0 Å². The fourth-order valence-corrected chi connectivity index (χ4v) is 3.53. The predicted molar refractivity (Wildman–Crippen MR) is 107 cm³/mol. The Balaban J connectivity index is 2.05. The number of aryl methyl sites for hydroxylation is 1. The van der Waals surface area contributed by atoms with Crippen LogP contribution in [0.1, 0.15) is 41.6 Å². The molecule has 2 heterocycles. The van der Waals surface area contributed by atoms with Crippen LogP contribution in [0.5, 0.6) is 0 Å². The number of carbonyl (C=O) groups is 2. The summed E-state index contributed by atoms with van der Waals surface area (Å²) in [6.07, 6.45) is 0.602. The predicted octanol–water partition coefficient (Wildman–Crippen LogP) is 0.981. The average Bonchev–Trinajstić information content (AvgIpc) is 2.69. The Hall–Kier alpha value is -3.04. The Morgan fingerprint density at radius 2 is 2.03 bits per heavy atom. The molecular formula is C20H25N5O4. The first-order valence-electron chi connectivity index (χ1n) is 9.40. The molecule has 0 radical (unpaired) electrons. The van der Waals surface area contributed by atoms with Crippen molar-refractivity contribution >= 4 is 23.3 Å². The normalized spacial score (nSPS) is 20.7. The summed E-state index contributed by atoms with van der Waals surface area (Å²) in [5, 5.41) is 25.6. The van der Waals surface area contributed by atoms with Crippen molar-refractivity contribution in [3.8, 4) is 0 Å². The zero-order valence-electron chi connectivity index (χ0n) is 16.6. The van der Waals surface area contributed by atoms with Gasteiger partial charge >= 0.3 is 0 Å². The minimum absolute atomic E-state index is 0.145. The lowest BCUT2D eigenvalue weighted by molar-refractivity contribution is -0.119. The van der Waals surface area contributed by atoms with Gasteiger partial charge in [-0.05, 0) is 36.8 Å². The van der Waals surface area contributed by atoms with E-state index in [4.69, 9.17) is 5.11 Å². The van der Waals surface area contributed by atoms with Crippen LogP contribution in [0.3, 0.4) is 0 Å². The molecule has 3 rings (SSSR count). The number of rotatable bonds is 5. The minimum atomic E-state index is -1.03. The molecule has 1 aliphatic rings. The third-order valence-electron chi connectivity index (χ3n) is 4.96. The van der Waals surface area contributed by atoms with Crippen LogP contribution < -0.4 is 15.5 Å². The number of hydrogen-bond acceptors (Lipinski definition) is 7. The monoisotopic (exact) mass is 399 g/mol. The minimum Gasteiger partial charge on any atom is -0.395 e. The van der Waals surface area contributed by atoms with Crippen molar-refractivity contribution in [2.24, 2.45) is 5.92 Å². The highest BCUT2D eigenvalue weighted by molar-refractivity contribution is 5.97. The standard InChI is InChI=1S/C20H25N5O4/c1-11-18(24-17-6-7-21-12(2)23-17)15-10-14(19(28)22-8-9-26)4-5-16(15)25(13(3)27)20(11)29/h4-7,10-11,18,20,26,29H,8-9H2,1-3H3,(H,22,28)(H,21,23,24)/t11-,18-,20+/m1/s1. The second-order valence-corrected chi connectivity index (χ2v) is 7.03. The lowest BCUT2D eigenvalue weighted by Gasteiger charge is -2.42. The number of benzene rings is 1. The molecule has 4 N–H and O–H groups in total. The molecule has 1 aliphatic heterocycles. The third kappa shape index (κ3) is 4.20. The molecule has 1 aromatic carbocycles. The van der Waals surface area contributed by atoms with E-state index in [0.717, 1.165) is 0 Å². The van der Waals surface area contributed by atoms with Crippen molar-refractivity contribution in [1.29, 1.82) is 0 Å². The fraction of sp³-hybridized carbons (Fsp3) is 0.400. The number of aromatic nitrogens is 2. The van der Waals surface area contributed by atoms with Crippen molar-refractivity contribution in [3.63, 3.8) is 0 Å². The van der Waals surface area contributed by atoms with Gasteiger partial charge < -0.3 is 20.8 Å². The van der Waals surface area contributed by atoms with E-state index in [-0.39, 0.29) is 30.9 Å². The van der Waals surface area contributed by atoms with Crippen LogP contribution in [0, 0.1) is 12.8 Å². The van der Waals surface area contributed by atoms with Crippen molar-refractivity contribution in [2.45, 2.75) is 33.0 Å². The number of nitrogens with one attached hydrogen (secondary N) is 2. The van der Waals surface area contributed by atoms with Gasteiger partial charge in [-0.2, -0.15) is 0 Å². The van der Waals surface area contributed by atoms with Gasteiger partial charge in [0.05, 0.1) is 18.3 Å².